The number of nitrogens with two attached hydrogens (primary N) is 1. The van der Waals surface area contributed by atoms with Crippen molar-refractivity contribution in [2.45, 2.75) is 13.3 Å². The summed E-state index contributed by atoms with van der Waals surface area (Å²) in [6.45, 7) is 3.66. The summed E-state index contributed by atoms with van der Waals surface area (Å²) in [7, 11) is 0. The minimum absolute atomic E-state index is 0.286. The molecule has 2 N–H and O–H groups in total. The number of rotatable bonds is 5. The topological polar surface area (TPSA) is 81.9 Å². The highest BCUT2D eigenvalue weighted by molar-refractivity contribution is 5.95. The van der Waals surface area contributed by atoms with Crippen molar-refractivity contribution in [1.29, 1.82) is 0 Å². The second-order valence-electron chi connectivity index (χ2n) is 4.49. The van der Waals surface area contributed by atoms with Crippen LogP contribution in [0.4, 0.5) is 10.5 Å². The molecule has 6 heteroatoms. The first-order valence-corrected chi connectivity index (χ1v) is 6.59. The van der Waals surface area contributed by atoms with E-state index < -0.39 is 5.97 Å². The monoisotopic (exact) mass is 278 g/mol. The van der Waals surface area contributed by atoms with Crippen molar-refractivity contribution >= 4 is 17.7 Å². The second-order valence-corrected chi connectivity index (χ2v) is 4.49. The molecule has 0 unspecified atom stereocenters. The summed E-state index contributed by atoms with van der Waals surface area (Å²) < 4.78 is 9.82. The lowest BCUT2D eigenvalue weighted by atomic mass is 10.1. The number of amides is 1. The number of nitrogen functional groups attached to an aromatic ring is 1. The average molecular weight is 278 g/mol. The summed E-state index contributed by atoms with van der Waals surface area (Å²) >= 11 is 0. The van der Waals surface area contributed by atoms with Gasteiger partial charge in [0.25, 0.3) is 0 Å². The minimum Gasteiger partial charge on any atom is -0.462 e. The first-order chi connectivity index (χ1) is 9.61. The molecule has 0 atom stereocenters. The molecule has 0 aliphatic carbocycles. The molecule has 1 aliphatic heterocycles. The molecule has 20 heavy (non-hydrogen) atoms. The molecule has 1 aromatic carbocycles. The smallest absolute Gasteiger partial charge is 0.409 e. The number of nitrogens with zero attached hydrogens (tertiary/aromatic N) is 1. The molecule has 0 spiro atoms. The molecule has 1 heterocycles. The van der Waals surface area contributed by atoms with E-state index in [1.165, 1.54) is 0 Å². The third-order valence-corrected chi connectivity index (χ3v) is 3.13. The number of ether oxygens (including phenoxy) is 2. The molecule has 108 valence electrons. The van der Waals surface area contributed by atoms with Gasteiger partial charge in [-0.1, -0.05) is 6.07 Å². The molecule has 1 saturated heterocycles. The van der Waals surface area contributed by atoms with E-state index >= 15 is 0 Å². The fourth-order valence-corrected chi connectivity index (χ4v) is 2.04. The van der Waals surface area contributed by atoms with Crippen LogP contribution in [0.3, 0.4) is 0 Å². The zero-order valence-corrected chi connectivity index (χ0v) is 11.4. The fraction of sp³-hybridized carbons (Fsp3) is 0.429. The number of hydrogen-bond acceptors (Lipinski definition) is 5. The number of anilines is 1. The molecule has 0 radical (unpaired) electrons. The van der Waals surface area contributed by atoms with E-state index in [-0.39, 0.29) is 6.09 Å². The van der Waals surface area contributed by atoms with Gasteiger partial charge in [-0.25, -0.2) is 9.59 Å². The van der Waals surface area contributed by atoms with Crippen LogP contribution in [0.1, 0.15) is 22.8 Å². The van der Waals surface area contributed by atoms with Crippen LogP contribution < -0.4 is 5.73 Å². The lowest BCUT2D eigenvalue weighted by Gasteiger charge is -2.13. The lowest BCUT2D eigenvalue weighted by Crippen LogP contribution is -2.26. The number of benzene rings is 1. The van der Waals surface area contributed by atoms with E-state index in [1.807, 2.05) is 6.07 Å². The van der Waals surface area contributed by atoms with Crippen molar-refractivity contribution in [3.05, 3.63) is 29.3 Å². The first kappa shape index (κ1) is 14.2. The third-order valence-electron chi connectivity index (χ3n) is 3.13. The quantitative estimate of drug-likeness (QED) is 0.651. The molecule has 1 amide bonds. The van der Waals surface area contributed by atoms with Gasteiger partial charge in [0.05, 0.1) is 18.7 Å². The second kappa shape index (κ2) is 6.27. The zero-order chi connectivity index (χ0) is 14.5. The lowest BCUT2D eigenvalue weighted by molar-refractivity contribution is 0.0527. The van der Waals surface area contributed by atoms with E-state index in [2.05, 4.69) is 0 Å². The summed E-state index contributed by atoms with van der Waals surface area (Å²) in [6, 6.07) is 5.25. The molecule has 2 rings (SSSR count). The first-order valence-electron chi connectivity index (χ1n) is 6.59. The predicted octanol–water partition coefficient (Wildman–Crippen LogP) is 1.44. The van der Waals surface area contributed by atoms with Crippen LogP contribution in [0, 0.1) is 0 Å². The largest absolute Gasteiger partial charge is 0.462 e. The Bertz CT molecular complexity index is 516. The Kier molecular flexibility index (Phi) is 4.45. The van der Waals surface area contributed by atoms with Crippen molar-refractivity contribution < 1.29 is 19.1 Å². The molecular weight excluding hydrogens is 260 g/mol. The molecular formula is C14H18N2O4. The van der Waals surface area contributed by atoms with E-state index in [9.17, 15) is 9.59 Å². The Hall–Kier alpha value is -2.24. The van der Waals surface area contributed by atoms with Gasteiger partial charge in [0, 0.05) is 12.2 Å². The predicted molar refractivity (Wildman–Crippen MR) is 73.4 cm³/mol. The van der Waals surface area contributed by atoms with Crippen LogP contribution in [-0.4, -0.2) is 43.3 Å². The molecule has 0 bridgehead atoms. The Labute approximate surface area is 117 Å². The van der Waals surface area contributed by atoms with Crippen LogP contribution in [0.15, 0.2) is 18.2 Å². The molecule has 6 nitrogen and oxygen atoms in total. The number of cyclic esters (lactones) is 1. The molecule has 0 saturated carbocycles. The summed E-state index contributed by atoms with van der Waals surface area (Å²) in [4.78, 5) is 24.7. The number of carbonyl (C=O) groups is 2. The van der Waals surface area contributed by atoms with Crippen LogP contribution in [0.5, 0.6) is 0 Å². The van der Waals surface area contributed by atoms with Gasteiger partial charge < -0.3 is 20.1 Å². The number of hydrogen-bond donors (Lipinski definition) is 1. The third kappa shape index (κ3) is 3.20. The summed E-state index contributed by atoms with van der Waals surface area (Å²) in [5, 5.41) is 0. The minimum atomic E-state index is -0.424. The SMILES string of the molecule is CCOC(=O)c1cc(CCN2CCOC2=O)ccc1N. The molecule has 1 aliphatic rings. The zero-order valence-electron chi connectivity index (χ0n) is 11.4. The molecule has 1 aromatic rings. The highest BCUT2D eigenvalue weighted by Crippen LogP contribution is 2.16. The van der Waals surface area contributed by atoms with Gasteiger partial charge in [-0.2, -0.15) is 0 Å². The maximum absolute atomic E-state index is 11.7. The van der Waals surface area contributed by atoms with Gasteiger partial charge in [0.2, 0.25) is 0 Å². The summed E-state index contributed by atoms with van der Waals surface area (Å²) in [5.74, 6) is -0.424. The van der Waals surface area contributed by atoms with E-state index in [0.717, 1.165) is 5.56 Å². The average Bonchev–Trinajstić information content (AvgIpc) is 2.83. The number of carbonyl (C=O) groups excluding carboxylic acids is 2. The maximum Gasteiger partial charge on any atom is 0.409 e. The Morgan fingerprint density at radius 2 is 2.30 bits per heavy atom. The highest BCUT2D eigenvalue weighted by Gasteiger charge is 2.21. The van der Waals surface area contributed by atoms with E-state index in [4.69, 9.17) is 15.2 Å². The van der Waals surface area contributed by atoms with Crippen molar-refractivity contribution in [2.75, 3.05) is 32.0 Å². The van der Waals surface area contributed by atoms with Crippen LogP contribution >= 0.6 is 0 Å². The highest BCUT2D eigenvalue weighted by atomic mass is 16.6. The summed E-state index contributed by atoms with van der Waals surface area (Å²) in [5.41, 5.74) is 7.47. The van der Waals surface area contributed by atoms with Crippen LogP contribution in [0.25, 0.3) is 0 Å². The van der Waals surface area contributed by atoms with Gasteiger partial charge in [-0.3, -0.25) is 0 Å². The molecule has 1 fully saturated rings. The van der Waals surface area contributed by atoms with Gasteiger partial charge in [-0.15, -0.1) is 0 Å². The molecule has 0 aromatic heterocycles. The van der Waals surface area contributed by atoms with E-state index in [1.54, 1.807) is 24.0 Å². The van der Waals surface area contributed by atoms with Gasteiger partial charge >= 0.3 is 12.1 Å². The Balaban J connectivity index is 2.03. The van der Waals surface area contributed by atoms with Crippen molar-refractivity contribution in [1.82, 2.24) is 4.90 Å². The maximum atomic E-state index is 11.7. The Morgan fingerprint density at radius 3 is 2.95 bits per heavy atom. The van der Waals surface area contributed by atoms with E-state index in [0.29, 0.717) is 44.0 Å². The van der Waals surface area contributed by atoms with Crippen molar-refractivity contribution in [2.24, 2.45) is 0 Å². The normalized spacial score (nSPS) is 14.2. The summed E-state index contributed by atoms with van der Waals surface area (Å²) in [6.07, 6.45) is 0.355. The fourth-order valence-electron chi connectivity index (χ4n) is 2.04. The van der Waals surface area contributed by atoms with Gasteiger partial charge in [-0.05, 0) is 31.0 Å². The van der Waals surface area contributed by atoms with Gasteiger partial charge in [0.15, 0.2) is 0 Å². The van der Waals surface area contributed by atoms with Gasteiger partial charge in [0.1, 0.15) is 6.61 Å². The van der Waals surface area contributed by atoms with Crippen LogP contribution in [-0.2, 0) is 15.9 Å². The van der Waals surface area contributed by atoms with Crippen LogP contribution in [0.2, 0.25) is 0 Å². The standard InChI is InChI=1S/C14H18N2O4/c1-2-19-13(17)11-9-10(3-4-12(11)15)5-6-16-7-8-20-14(16)18/h3-4,9H,2,5-8,15H2,1H3. The number of esters is 1. The Morgan fingerprint density at radius 1 is 1.50 bits per heavy atom. The van der Waals surface area contributed by atoms with Crippen molar-refractivity contribution in [3.63, 3.8) is 0 Å². The van der Waals surface area contributed by atoms with Crippen molar-refractivity contribution in [3.8, 4) is 0 Å².